The number of morpholine rings is 1. The standard InChI is InChI=1S/C21H27N3O5/c1-13-6-5-7-17-19(13)22-12-23(21(17)27)9-8-18(25)29-16(4)20(26)24-10-14(2)28-15(3)11-24/h5-7,12,14-16H,8-11H2,1-4H3. The predicted octanol–water partition coefficient (Wildman–Crippen LogP) is 1.66. The van der Waals surface area contributed by atoms with Gasteiger partial charge in [0.2, 0.25) is 0 Å². The normalized spacial score (nSPS) is 20.5. The lowest BCUT2D eigenvalue weighted by molar-refractivity contribution is -0.164. The molecule has 0 N–H and O–H groups in total. The number of carbonyl (C=O) groups excluding carboxylic acids is 2. The minimum absolute atomic E-state index is 0.0214. The number of hydrogen-bond acceptors (Lipinski definition) is 6. The van der Waals surface area contributed by atoms with Crippen LogP contribution in [0.5, 0.6) is 0 Å². The van der Waals surface area contributed by atoms with Gasteiger partial charge in [-0.2, -0.15) is 0 Å². The molecule has 1 saturated heterocycles. The first-order valence-corrected chi connectivity index (χ1v) is 9.84. The monoisotopic (exact) mass is 401 g/mol. The number of aryl methyl sites for hydroxylation is 2. The molecule has 8 nitrogen and oxygen atoms in total. The number of esters is 1. The maximum atomic E-state index is 12.6. The molecule has 2 aromatic rings. The second-order valence-corrected chi connectivity index (χ2v) is 7.60. The Morgan fingerprint density at radius 1 is 1.28 bits per heavy atom. The van der Waals surface area contributed by atoms with Gasteiger partial charge < -0.3 is 14.4 Å². The molecule has 156 valence electrons. The Morgan fingerprint density at radius 3 is 2.66 bits per heavy atom. The molecule has 3 atom stereocenters. The SMILES string of the molecule is Cc1cccc2c(=O)n(CCC(=O)OC(C)C(=O)N3CC(C)OC(C)C3)cnc12. The predicted molar refractivity (Wildman–Crippen MR) is 108 cm³/mol. The van der Waals surface area contributed by atoms with Crippen molar-refractivity contribution >= 4 is 22.8 Å². The Kier molecular flexibility index (Phi) is 6.32. The number of amides is 1. The molecule has 1 fully saturated rings. The summed E-state index contributed by atoms with van der Waals surface area (Å²) >= 11 is 0. The van der Waals surface area contributed by atoms with E-state index in [9.17, 15) is 14.4 Å². The highest BCUT2D eigenvalue weighted by molar-refractivity contribution is 5.83. The van der Waals surface area contributed by atoms with E-state index in [0.717, 1.165) is 5.56 Å². The van der Waals surface area contributed by atoms with Crippen molar-refractivity contribution in [3.63, 3.8) is 0 Å². The highest BCUT2D eigenvalue weighted by atomic mass is 16.5. The van der Waals surface area contributed by atoms with Crippen molar-refractivity contribution < 1.29 is 19.1 Å². The van der Waals surface area contributed by atoms with Crippen LogP contribution < -0.4 is 5.56 Å². The van der Waals surface area contributed by atoms with Crippen LogP contribution in [-0.4, -0.2) is 57.7 Å². The number of aromatic nitrogens is 2. The Balaban J connectivity index is 1.58. The van der Waals surface area contributed by atoms with Crippen LogP contribution in [0.1, 0.15) is 32.8 Å². The largest absolute Gasteiger partial charge is 0.452 e. The van der Waals surface area contributed by atoms with Crippen LogP contribution >= 0.6 is 0 Å². The molecule has 0 bridgehead atoms. The van der Waals surface area contributed by atoms with Crippen LogP contribution in [0.25, 0.3) is 10.9 Å². The van der Waals surface area contributed by atoms with Crippen molar-refractivity contribution in [2.75, 3.05) is 13.1 Å². The lowest BCUT2D eigenvalue weighted by atomic mass is 10.1. The van der Waals surface area contributed by atoms with Crippen LogP contribution in [0.3, 0.4) is 0 Å². The molecule has 3 unspecified atom stereocenters. The van der Waals surface area contributed by atoms with Crippen LogP contribution in [0, 0.1) is 6.92 Å². The summed E-state index contributed by atoms with van der Waals surface area (Å²) in [6.45, 7) is 8.36. The Hall–Kier alpha value is -2.74. The van der Waals surface area contributed by atoms with Gasteiger partial charge in [-0.05, 0) is 39.3 Å². The topological polar surface area (TPSA) is 90.7 Å². The number of carbonyl (C=O) groups is 2. The zero-order valence-corrected chi connectivity index (χ0v) is 17.3. The van der Waals surface area contributed by atoms with Crippen molar-refractivity contribution in [1.82, 2.24) is 14.5 Å². The van der Waals surface area contributed by atoms with Gasteiger partial charge in [-0.3, -0.25) is 19.0 Å². The van der Waals surface area contributed by atoms with Gasteiger partial charge in [-0.15, -0.1) is 0 Å². The molecule has 0 aliphatic carbocycles. The smallest absolute Gasteiger partial charge is 0.308 e. The van der Waals surface area contributed by atoms with E-state index < -0.39 is 12.1 Å². The van der Waals surface area contributed by atoms with E-state index in [1.807, 2.05) is 26.8 Å². The summed E-state index contributed by atoms with van der Waals surface area (Å²) in [6, 6.07) is 5.42. The first-order valence-electron chi connectivity index (χ1n) is 9.84. The Bertz CT molecular complexity index is 960. The molecule has 1 aromatic heterocycles. The molecular formula is C21H27N3O5. The number of nitrogens with zero attached hydrogens (tertiary/aromatic N) is 3. The van der Waals surface area contributed by atoms with Crippen molar-refractivity contribution in [2.24, 2.45) is 0 Å². The zero-order valence-electron chi connectivity index (χ0n) is 17.3. The first kappa shape index (κ1) is 21.0. The van der Waals surface area contributed by atoms with Gasteiger partial charge in [0, 0.05) is 19.6 Å². The number of para-hydroxylation sites is 1. The summed E-state index contributed by atoms with van der Waals surface area (Å²) < 4.78 is 12.3. The van der Waals surface area contributed by atoms with E-state index in [4.69, 9.17) is 9.47 Å². The molecule has 8 heteroatoms. The van der Waals surface area contributed by atoms with Crippen molar-refractivity contribution in [1.29, 1.82) is 0 Å². The maximum absolute atomic E-state index is 12.6. The summed E-state index contributed by atoms with van der Waals surface area (Å²) in [5.74, 6) is -0.767. The van der Waals surface area contributed by atoms with E-state index in [1.165, 1.54) is 10.9 Å². The molecule has 0 radical (unpaired) electrons. The molecule has 1 aliphatic heterocycles. The van der Waals surface area contributed by atoms with Crippen molar-refractivity contribution in [2.45, 2.75) is 59.0 Å². The molecule has 29 heavy (non-hydrogen) atoms. The third-order valence-corrected chi connectivity index (χ3v) is 5.00. The molecule has 1 aromatic carbocycles. The molecule has 3 rings (SSSR count). The Morgan fingerprint density at radius 2 is 1.97 bits per heavy atom. The summed E-state index contributed by atoms with van der Waals surface area (Å²) in [5, 5.41) is 0.514. The zero-order chi connectivity index (χ0) is 21.1. The Labute approximate surface area is 169 Å². The van der Waals surface area contributed by atoms with Gasteiger partial charge in [-0.25, -0.2) is 4.98 Å². The summed E-state index contributed by atoms with van der Waals surface area (Å²) in [6.07, 6.45) is 0.430. The van der Waals surface area contributed by atoms with Gasteiger partial charge in [0.1, 0.15) is 0 Å². The quantitative estimate of drug-likeness (QED) is 0.708. The average Bonchev–Trinajstić information content (AvgIpc) is 2.66. The lowest BCUT2D eigenvalue weighted by Crippen LogP contribution is -2.51. The van der Waals surface area contributed by atoms with E-state index in [1.54, 1.807) is 24.0 Å². The van der Waals surface area contributed by atoms with E-state index in [0.29, 0.717) is 24.0 Å². The van der Waals surface area contributed by atoms with E-state index in [-0.39, 0.29) is 36.6 Å². The summed E-state index contributed by atoms with van der Waals surface area (Å²) in [7, 11) is 0. The van der Waals surface area contributed by atoms with E-state index >= 15 is 0 Å². The van der Waals surface area contributed by atoms with Crippen LogP contribution in [-0.2, 0) is 25.6 Å². The maximum Gasteiger partial charge on any atom is 0.308 e. The lowest BCUT2D eigenvalue weighted by Gasteiger charge is -2.36. The fourth-order valence-electron chi connectivity index (χ4n) is 3.63. The second-order valence-electron chi connectivity index (χ2n) is 7.60. The highest BCUT2D eigenvalue weighted by Crippen LogP contribution is 2.14. The van der Waals surface area contributed by atoms with Crippen LogP contribution in [0.2, 0.25) is 0 Å². The molecule has 1 amide bonds. The third-order valence-electron chi connectivity index (χ3n) is 5.00. The van der Waals surface area contributed by atoms with Gasteiger partial charge in [0.05, 0.1) is 35.9 Å². The fraction of sp³-hybridized carbons (Fsp3) is 0.524. The first-order chi connectivity index (χ1) is 13.8. The van der Waals surface area contributed by atoms with Gasteiger partial charge in [0.25, 0.3) is 11.5 Å². The number of ether oxygens (including phenoxy) is 2. The minimum atomic E-state index is -0.880. The van der Waals surface area contributed by atoms with Crippen LogP contribution in [0.4, 0.5) is 0 Å². The number of fused-ring (bicyclic) bond motifs is 1. The van der Waals surface area contributed by atoms with Crippen LogP contribution in [0.15, 0.2) is 29.3 Å². The minimum Gasteiger partial charge on any atom is -0.452 e. The fourth-order valence-corrected chi connectivity index (χ4v) is 3.63. The highest BCUT2D eigenvalue weighted by Gasteiger charge is 2.30. The summed E-state index contributed by atoms with van der Waals surface area (Å²) in [4.78, 5) is 43.4. The van der Waals surface area contributed by atoms with Crippen molar-refractivity contribution in [3.05, 3.63) is 40.4 Å². The van der Waals surface area contributed by atoms with Crippen molar-refractivity contribution in [3.8, 4) is 0 Å². The second kappa shape index (κ2) is 8.73. The number of rotatable bonds is 5. The number of hydrogen-bond donors (Lipinski definition) is 0. The number of benzene rings is 1. The molecule has 0 spiro atoms. The molecule has 1 aliphatic rings. The van der Waals surface area contributed by atoms with Gasteiger partial charge >= 0.3 is 5.97 Å². The van der Waals surface area contributed by atoms with Gasteiger partial charge in [0.15, 0.2) is 6.10 Å². The average molecular weight is 401 g/mol. The van der Waals surface area contributed by atoms with E-state index in [2.05, 4.69) is 4.98 Å². The molecular weight excluding hydrogens is 374 g/mol. The van der Waals surface area contributed by atoms with Gasteiger partial charge in [-0.1, -0.05) is 12.1 Å². The third kappa shape index (κ3) is 4.82. The molecule has 2 heterocycles. The summed E-state index contributed by atoms with van der Waals surface area (Å²) in [5.41, 5.74) is 1.38. The molecule has 0 saturated carbocycles.